The van der Waals surface area contributed by atoms with E-state index in [4.69, 9.17) is 16.3 Å². The molecule has 2 aromatic carbocycles. The number of halogens is 1. The summed E-state index contributed by atoms with van der Waals surface area (Å²) < 4.78 is 6.66. The van der Waals surface area contributed by atoms with Crippen molar-refractivity contribution in [1.82, 2.24) is 9.55 Å². The fourth-order valence-electron chi connectivity index (χ4n) is 2.96. The van der Waals surface area contributed by atoms with E-state index in [2.05, 4.69) is 4.98 Å². The van der Waals surface area contributed by atoms with Crippen LogP contribution >= 0.6 is 22.9 Å². The number of hydrogen-bond donors (Lipinski definition) is 0. The molecule has 1 unspecified atom stereocenters. The molecule has 1 atom stereocenters. The first-order valence-corrected chi connectivity index (χ1v) is 10.2. The zero-order valence-electron chi connectivity index (χ0n) is 15.5. The summed E-state index contributed by atoms with van der Waals surface area (Å²) in [6.07, 6.45) is 1.40. The van der Waals surface area contributed by atoms with Crippen molar-refractivity contribution in [3.8, 4) is 10.4 Å². The zero-order chi connectivity index (χ0) is 20.4. The number of nitrogens with zero attached hydrogens (tertiary/aromatic N) is 2. The molecule has 7 heteroatoms. The van der Waals surface area contributed by atoms with Gasteiger partial charge in [0.2, 0.25) is 0 Å². The van der Waals surface area contributed by atoms with Crippen molar-refractivity contribution in [2.24, 2.45) is 0 Å². The van der Waals surface area contributed by atoms with E-state index in [1.807, 2.05) is 42.5 Å². The number of fused-ring (bicyclic) bond motifs is 1. The third kappa shape index (κ3) is 3.95. The number of rotatable bonds is 5. The summed E-state index contributed by atoms with van der Waals surface area (Å²) >= 11 is 7.54. The molecular weight excluding hydrogens is 408 g/mol. The zero-order valence-corrected chi connectivity index (χ0v) is 17.1. The fourth-order valence-corrected chi connectivity index (χ4v) is 4.14. The lowest BCUT2D eigenvalue weighted by Crippen LogP contribution is -2.29. The van der Waals surface area contributed by atoms with Crippen molar-refractivity contribution < 1.29 is 9.53 Å². The summed E-state index contributed by atoms with van der Waals surface area (Å²) in [5.74, 6) is -0.522. The predicted octanol–water partition coefficient (Wildman–Crippen LogP) is 5.08. The molecule has 0 aliphatic carbocycles. The Labute approximate surface area is 176 Å². The largest absolute Gasteiger partial charge is 0.459 e. The van der Waals surface area contributed by atoms with E-state index in [-0.39, 0.29) is 12.2 Å². The van der Waals surface area contributed by atoms with Crippen LogP contribution in [0.15, 0.2) is 71.8 Å². The smallest absolute Gasteiger partial charge is 0.329 e. The van der Waals surface area contributed by atoms with Gasteiger partial charge in [-0.05, 0) is 24.6 Å². The van der Waals surface area contributed by atoms with Crippen molar-refractivity contribution in [2.75, 3.05) is 0 Å². The summed E-state index contributed by atoms with van der Waals surface area (Å²) in [6.45, 7) is 1.66. The van der Waals surface area contributed by atoms with Crippen LogP contribution < -0.4 is 5.56 Å². The SMILES string of the molecule is CC(C(=O)OCc1ccccc1Cl)n1cnc2sc(-c3ccccc3)cc2c1=O. The van der Waals surface area contributed by atoms with Crippen molar-refractivity contribution in [2.45, 2.75) is 19.6 Å². The Balaban J connectivity index is 1.58. The number of aromatic nitrogens is 2. The molecule has 0 fully saturated rings. The van der Waals surface area contributed by atoms with Gasteiger partial charge in [-0.15, -0.1) is 11.3 Å². The lowest BCUT2D eigenvalue weighted by molar-refractivity contribution is -0.148. The lowest BCUT2D eigenvalue weighted by atomic mass is 10.2. The fraction of sp³-hybridized carbons (Fsp3) is 0.136. The van der Waals surface area contributed by atoms with Crippen LogP contribution in [0, 0.1) is 0 Å². The van der Waals surface area contributed by atoms with Crippen LogP contribution in [-0.4, -0.2) is 15.5 Å². The average Bonchev–Trinajstić information content (AvgIpc) is 3.19. The highest BCUT2D eigenvalue weighted by molar-refractivity contribution is 7.21. The number of carbonyl (C=O) groups excluding carboxylic acids is 1. The summed E-state index contributed by atoms with van der Waals surface area (Å²) in [7, 11) is 0. The molecule has 0 saturated heterocycles. The van der Waals surface area contributed by atoms with Crippen LogP contribution in [-0.2, 0) is 16.1 Å². The van der Waals surface area contributed by atoms with Crippen LogP contribution in [0.2, 0.25) is 5.02 Å². The number of carbonyl (C=O) groups is 1. The van der Waals surface area contributed by atoms with E-state index in [0.29, 0.717) is 20.8 Å². The van der Waals surface area contributed by atoms with Crippen LogP contribution in [0.5, 0.6) is 0 Å². The van der Waals surface area contributed by atoms with Gasteiger partial charge in [-0.2, -0.15) is 0 Å². The second-order valence-corrected chi connectivity index (χ2v) is 7.97. The molecule has 0 bridgehead atoms. The molecule has 2 heterocycles. The Bertz CT molecular complexity index is 1230. The van der Waals surface area contributed by atoms with Crippen LogP contribution in [0.4, 0.5) is 0 Å². The number of esters is 1. The molecule has 0 amide bonds. The third-order valence-corrected chi connectivity index (χ3v) is 6.08. The van der Waals surface area contributed by atoms with Gasteiger partial charge in [0, 0.05) is 15.5 Å². The predicted molar refractivity (Wildman–Crippen MR) is 115 cm³/mol. The first-order chi connectivity index (χ1) is 14.0. The Morgan fingerprint density at radius 1 is 1.17 bits per heavy atom. The van der Waals surface area contributed by atoms with Gasteiger partial charge in [-0.1, -0.05) is 60.1 Å². The Hall–Kier alpha value is -2.96. The molecular formula is C22H17ClN2O3S. The standard InChI is InChI=1S/C22H17ClN2O3S/c1-14(22(27)28-12-16-9-5-6-10-18(16)23)25-13-24-20-17(21(25)26)11-19(29-20)15-7-3-2-4-8-15/h2-11,13-14H,12H2,1H3. The van der Waals surface area contributed by atoms with E-state index >= 15 is 0 Å². The molecule has 146 valence electrons. The number of thiophene rings is 1. The molecule has 0 aliphatic heterocycles. The molecule has 4 aromatic rings. The number of benzene rings is 2. The maximum Gasteiger partial charge on any atom is 0.329 e. The summed E-state index contributed by atoms with van der Waals surface area (Å²) in [6, 6.07) is 18.0. The highest BCUT2D eigenvalue weighted by Gasteiger charge is 2.20. The molecule has 0 spiro atoms. The van der Waals surface area contributed by atoms with Crippen molar-refractivity contribution >= 4 is 39.1 Å². The van der Waals surface area contributed by atoms with E-state index < -0.39 is 12.0 Å². The molecule has 29 heavy (non-hydrogen) atoms. The topological polar surface area (TPSA) is 61.2 Å². The van der Waals surface area contributed by atoms with Crippen molar-refractivity contribution in [3.63, 3.8) is 0 Å². The highest BCUT2D eigenvalue weighted by Crippen LogP contribution is 2.30. The molecule has 2 aromatic heterocycles. The second kappa shape index (κ2) is 8.19. The van der Waals surface area contributed by atoms with Gasteiger partial charge in [-0.3, -0.25) is 9.36 Å². The van der Waals surface area contributed by atoms with Crippen LogP contribution in [0.1, 0.15) is 18.5 Å². The second-order valence-electron chi connectivity index (χ2n) is 6.53. The summed E-state index contributed by atoms with van der Waals surface area (Å²) in [5, 5.41) is 1.02. The lowest BCUT2D eigenvalue weighted by Gasteiger charge is -2.14. The van der Waals surface area contributed by atoms with E-state index in [1.165, 1.54) is 22.2 Å². The molecule has 0 saturated carbocycles. The Kier molecular flexibility index (Phi) is 5.47. The van der Waals surface area contributed by atoms with Crippen LogP contribution in [0.25, 0.3) is 20.7 Å². The van der Waals surface area contributed by atoms with E-state index in [9.17, 15) is 9.59 Å². The highest BCUT2D eigenvalue weighted by atomic mass is 35.5. The molecule has 0 aliphatic rings. The van der Waals surface area contributed by atoms with Gasteiger partial charge in [0.1, 0.15) is 17.5 Å². The minimum absolute atomic E-state index is 0.0455. The van der Waals surface area contributed by atoms with Crippen molar-refractivity contribution in [1.29, 1.82) is 0 Å². The average molecular weight is 425 g/mol. The summed E-state index contributed by atoms with van der Waals surface area (Å²) in [4.78, 5) is 31.4. The molecule has 0 radical (unpaired) electrons. The maximum atomic E-state index is 12.9. The van der Waals surface area contributed by atoms with Gasteiger partial charge < -0.3 is 4.74 Å². The van der Waals surface area contributed by atoms with Gasteiger partial charge in [0.05, 0.1) is 11.7 Å². The monoisotopic (exact) mass is 424 g/mol. The minimum atomic E-state index is -0.804. The Morgan fingerprint density at radius 3 is 2.66 bits per heavy atom. The van der Waals surface area contributed by atoms with E-state index in [1.54, 1.807) is 25.1 Å². The molecule has 5 nitrogen and oxygen atoms in total. The third-order valence-electron chi connectivity index (χ3n) is 4.62. The quantitative estimate of drug-likeness (QED) is 0.419. The van der Waals surface area contributed by atoms with Gasteiger partial charge in [0.15, 0.2) is 0 Å². The summed E-state index contributed by atoms with van der Waals surface area (Å²) in [5.41, 5.74) is 1.46. The first kappa shape index (κ1) is 19.4. The van der Waals surface area contributed by atoms with E-state index in [0.717, 1.165) is 10.4 Å². The van der Waals surface area contributed by atoms with Gasteiger partial charge >= 0.3 is 5.97 Å². The minimum Gasteiger partial charge on any atom is -0.459 e. The molecule has 0 N–H and O–H groups in total. The van der Waals surface area contributed by atoms with Crippen LogP contribution in [0.3, 0.4) is 0 Å². The van der Waals surface area contributed by atoms with Crippen molar-refractivity contribution in [3.05, 3.63) is 87.9 Å². The number of ether oxygens (including phenoxy) is 1. The number of hydrogen-bond acceptors (Lipinski definition) is 5. The Morgan fingerprint density at radius 2 is 1.90 bits per heavy atom. The normalized spacial score (nSPS) is 12.1. The first-order valence-electron chi connectivity index (χ1n) is 9.01. The molecule has 4 rings (SSSR count). The van der Waals surface area contributed by atoms with Gasteiger partial charge in [-0.25, -0.2) is 9.78 Å². The van der Waals surface area contributed by atoms with Gasteiger partial charge in [0.25, 0.3) is 5.56 Å². The maximum absolute atomic E-state index is 12.9.